The molecule has 0 aliphatic carbocycles. The van der Waals surface area contributed by atoms with Crippen LogP contribution in [0.5, 0.6) is 0 Å². The highest BCUT2D eigenvalue weighted by atomic mass is 19.4. The number of alkyl halides is 3. The first-order chi connectivity index (χ1) is 10.0. The van der Waals surface area contributed by atoms with Crippen LogP contribution in [0.3, 0.4) is 0 Å². The number of rotatable bonds is 4. The molecule has 3 N–H and O–H groups in total. The van der Waals surface area contributed by atoms with Crippen LogP contribution >= 0.6 is 0 Å². The molecular weight excluding hydrogens is 305 g/mol. The molecule has 0 heterocycles. The predicted octanol–water partition coefficient (Wildman–Crippen LogP) is 1.87. The normalized spacial score (nSPS) is 12.4. The Balaban J connectivity index is 3.20. The van der Waals surface area contributed by atoms with Crippen LogP contribution in [0.15, 0.2) is 18.2 Å². The van der Waals surface area contributed by atoms with Gasteiger partial charge in [-0.3, -0.25) is 14.4 Å². The third-order valence-electron chi connectivity index (χ3n) is 2.56. The lowest BCUT2D eigenvalue weighted by molar-refractivity contribution is -0.139. The molecule has 120 valence electrons. The molecular formula is C13H13F3N2O4. The van der Waals surface area contributed by atoms with Crippen molar-refractivity contribution in [2.75, 3.05) is 5.32 Å². The Bertz CT molecular complexity index is 614. The van der Waals surface area contributed by atoms with E-state index in [4.69, 9.17) is 5.11 Å². The lowest BCUT2D eigenvalue weighted by atomic mass is 10.1. The Hall–Kier alpha value is -2.58. The van der Waals surface area contributed by atoms with Crippen LogP contribution in [0.4, 0.5) is 18.9 Å². The third kappa shape index (κ3) is 4.76. The monoisotopic (exact) mass is 318 g/mol. The molecule has 0 aliphatic rings. The van der Waals surface area contributed by atoms with Gasteiger partial charge in [0.15, 0.2) is 0 Å². The van der Waals surface area contributed by atoms with E-state index >= 15 is 0 Å². The second-order valence-electron chi connectivity index (χ2n) is 4.51. The first-order valence-corrected chi connectivity index (χ1v) is 6.04. The van der Waals surface area contributed by atoms with Gasteiger partial charge in [0.25, 0.3) is 5.91 Å². The molecule has 1 atom stereocenters. The van der Waals surface area contributed by atoms with Gasteiger partial charge in [-0.25, -0.2) is 0 Å². The molecule has 6 nitrogen and oxygen atoms in total. The van der Waals surface area contributed by atoms with Gasteiger partial charge in [-0.05, 0) is 25.1 Å². The molecule has 0 spiro atoms. The van der Waals surface area contributed by atoms with Crippen molar-refractivity contribution in [1.29, 1.82) is 0 Å². The number of carbonyl (C=O) groups excluding carboxylic acids is 2. The maximum Gasteiger partial charge on any atom is 0.416 e. The highest BCUT2D eigenvalue weighted by Crippen LogP contribution is 2.32. The molecule has 0 unspecified atom stereocenters. The number of halogens is 3. The summed E-state index contributed by atoms with van der Waals surface area (Å²) in [6, 6.07) is 1.01. The number of nitrogens with one attached hydrogen (secondary N) is 2. The largest absolute Gasteiger partial charge is 0.480 e. The van der Waals surface area contributed by atoms with Gasteiger partial charge >= 0.3 is 12.1 Å². The van der Waals surface area contributed by atoms with E-state index in [1.807, 2.05) is 5.32 Å². The van der Waals surface area contributed by atoms with E-state index in [9.17, 15) is 27.6 Å². The van der Waals surface area contributed by atoms with Crippen molar-refractivity contribution in [2.24, 2.45) is 0 Å². The van der Waals surface area contributed by atoms with Crippen LogP contribution in [0.1, 0.15) is 29.8 Å². The number of anilines is 1. The van der Waals surface area contributed by atoms with Crippen LogP contribution < -0.4 is 10.6 Å². The van der Waals surface area contributed by atoms with Gasteiger partial charge in [-0.15, -0.1) is 0 Å². The smallest absolute Gasteiger partial charge is 0.416 e. The summed E-state index contributed by atoms with van der Waals surface area (Å²) in [6.07, 6.45) is -4.72. The zero-order valence-electron chi connectivity index (χ0n) is 11.6. The minimum Gasteiger partial charge on any atom is -0.480 e. The fourth-order valence-corrected chi connectivity index (χ4v) is 1.54. The van der Waals surface area contributed by atoms with Crippen LogP contribution in [0.25, 0.3) is 0 Å². The SMILES string of the molecule is CC(=O)Nc1cc(C(=O)N[C@H](C)C(=O)O)cc(C(F)(F)F)c1. The van der Waals surface area contributed by atoms with Crippen molar-refractivity contribution < 1.29 is 32.7 Å². The highest BCUT2D eigenvalue weighted by molar-refractivity contribution is 5.98. The molecule has 0 radical (unpaired) electrons. The van der Waals surface area contributed by atoms with Crippen LogP contribution in [-0.2, 0) is 15.8 Å². The van der Waals surface area contributed by atoms with Gasteiger partial charge in [0.05, 0.1) is 5.56 Å². The third-order valence-corrected chi connectivity index (χ3v) is 2.56. The molecule has 0 aliphatic heterocycles. The molecule has 0 bridgehead atoms. The maximum absolute atomic E-state index is 12.8. The van der Waals surface area contributed by atoms with E-state index in [2.05, 4.69) is 5.32 Å². The van der Waals surface area contributed by atoms with Crippen molar-refractivity contribution in [2.45, 2.75) is 26.1 Å². The second-order valence-corrected chi connectivity index (χ2v) is 4.51. The van der Waals surface area contributed by atoms with Gasteiger partial charge in [0.1, 0.15) is 6.04 Å². The number of amides is 2. The van der Waals surface area contributed by atoms with Gasteiger partial charge in [-0.1, -0.05) is 0 Å². The molecule has 1 aromatic carbocycles. The van der Waals surface area contributed by atoms with Crippen molar-refractivity contribution in [3.05, 3.63) is 29.3 Å². The fraction of sp³-hybridized carbons (Fsp3) is 0.308. The summed E-state index contributed by atoms with van der Waals surface area (Å²) in [5.74, 6) is -2.93. The summed E-state index contributed by atoms with van der Waals surface area (Å²) < 4.78 is 38.4. The number of aliphatic carboxylic acids is 1. The average Bonchev–Trinajstić information content (AvgIpc) is 2.36. The number of carboxylic acids is 1. The number of benzene rings is 1. The lowest BCUT2D eigenvalue weighted by Crippen LogP contribution is -2.38. The molecule has 1 aromatic rings. The van der Waals surface area contributed by atoms with Gasteiger partial charge in [-0.2, -0.15) is 13.2 Å². The van der Waals surface area contributed by atoms with Crippen LogP contribution in [0.2, 0.25) is 0 Å². The number of hydrogen-bond donors (Lipinski definition) is 3. The van der Waals surface area contributed by atoms with Crippen LogP contribution in [0, 0.1) is 0 Å². The van der Waals surface area contributed by atoms with E-state index < -0.39 is 41.1 Å². The van der Waals surface area contributed by atoms with Crippen molar-refractivity contribution in [1.82, 2.24) is 5.32 Å². The molecule has 22 heavy (non-hydrogen) atoms. The summed E-state index contributed by atoms with van der Waals surface area (Å²) in [7, 11) is 0. The Kier molecular flexibility index (Phi) is 5.13. The maximum atomic E-state index is 12.8. The molecule has 0 aromatic heterocycles. The van der Waals surface area contributed by atoms with E-state index in [-0.39, 0.29) is 5.69 Å². The number of carbonyl (C=O) groups is 3. The van der Waals surface area contributed by atoms with E-state index in [1.165, 1.54) is 6.92 Å². The lowest BCUT2D eigenvalue weighted by Gasteiger charge is -2.14. The van der Waals surface area contributed by atoms with Crippen molar-refractivity contribution in [3.63, 3.8) is 0 Å². The first-order valence-electron chi connectivity index (χ1n) is 6.04. The van der Waals surface area contributed by atoms with E-state index in [1.54, 1.807) is 0 Å². The van der Waals surface area contributed by atoms with Gasteiger partial charge < -0.3 is 15.7 Å². The summed E-state index contributed by atoms with van der Waals surface area (Å²) in [5.41, 5.74) is -1.76. The van der Waals surface area contributed by atoms with Crippen molar-refractivity contribution in [3.8, 4) is 0 Å². The highest BCUT2D eigenvalue weighted by Gasteiger charge is 2.32. The quantitative estimate of drug-likeness (QED) is 0.789. The fourth-order valence-electron chi connectivity index (χ4n) is 1.54. The molecule has 0 saturated heterocycles. The zero-order chi connectivity index (χ0) is 17.1. The number of carboxylic acid groups (broad SMARTS) is 1. The van der Waals surface area contributed by atoms with Gasteiger partial charge in [0.2, 0.25) is 5.91 Å². The zero-order valence-corrected chi connectivity index (χ0v) is 11.6. The summed E-state index contributed by atoms with van der Waals surface area (Å²) in [4.78, 5) is 33.4. The first kappa shape index (κ1) is 17.5. The predicted molar refractivity (Wildman–Crippen MR) is 70.3 cm³/mol. The second kappa shape index (κ2) is 6.46. The Morgan fingerprint density at radius 1 is 1.18 bits per heavy atom. The summed E-state index contributed by atoms with van der Waals surface area (Å²) in [6.45, 7) is 2.27. The Labute approximate surface area is 123 Å². The molecule has 2 amide bonds. The molecule has 0 fully saturated rings. The van der Waals surface area contributed by atoms with Crippen molar-refractivity contribution >= 4 is 23.5 Å². The summed E-state index contributed by atoms with van der Waals surface area (Å²) >= 11 is 0. The van der Waals surface area contributed by atoms with Gasteiger partial charge in [0, 0.05) is 18.2 Å². The van der Waals surface area contributed by atoms with Crippen LogP contribution in [-0.4, -0.2) is 28.9 Å². The average molecular weight is 318 g/mol. The Morgan fingerprint density at radius 3 is 2.23 bits per heavy atom. The molecule has 0 saturated carbocycles. The van der Waals surface area contributed by atoms with E-state index in [0.29, 0.717) is 12.1 Å². The molecule has 1 rings (SSSR count). The minimum absolute atomic E-state index is 0.213. The van der Waals surface area contributed by atoms with E-state index in [0.717, 1.165) is 13.0 Å². The standard InChI is InChI=1S/C13H13F3N2O4/c1-6(12(21)22)17-11(20)8-3-9(13(14,15)16)5-10(4-8)18-7(2)19/h3-6H,1-2H3,(H,17,20)(H,18,19)(H,21,22)/t6-/m1/s1. The molecule has 9 heteroatoms. The Morgan fingerprint density at radius 2 is 1.77 bits per heavy atom. The topological polar surface area (TPSA) is 95.5 Å². The summed E-state index contributed by atoms with van der Waals surface area (Å²) in [5, 5.41) is 12.9. The number of hydrogen-bond acceptors (Lipinski definition) is 3. The minimum atomic E-state index is -4.72.